The highest BCUT2D eigenvalue weighted by Crippen LogP contribution is 2.27. The molecule has 3 heteroatoms. The van der Waals surface area contributed by atoms with Gasteiger partial charge in [0.1, 0.15) is 5.82 Å². The van der Waals surface area contributed by atoms with Crippen LogP contribution >= 0.6 is 0 Å². The lowest BCUT2D eigenvalue weighted by molar-refractivity contribution is 1.17. The Hall–Kier alpha value is -2.68. The van der Waals surface area contributed by atoms with Crippen LogP contribution in [0.15, 0.2) is 54.6 Å². The average molecular weight is 275 g/mol. The van der Waals surface area contributed by atoms with E-state index in [1.54, 1.807) is 0 Å². The number of hydrogen-bond acceptors (Lipinski definition) is 3. The third-order valence-electron chi connectivity index (χ3n) is 3.52. The number of nitrogen functional groups attached to an aromatic ring is 1. The fraction of sp³-hybridized carbons (Fsp3) is 0.111. The van der Waals surface area contributed by atoms with Gasteiger partial charge < -0.3 is 5.73 Å². The topological polar surface area (TPSA) is 51.8 Å². The molecular formula is C18H17N3. The van der Waals surface area contributed by atoms with E-state index in [-0.39, 0.29) is 0 Å². The van der Waals surface area contributed by atoms with Crippen LogP contribution in [0.25, 0.3) is 22.6 Å². The van der Waals surface area contributed by atoms with Crippen molar-refractivity contribution in [2.75, 3.05) is 5.73 Å². The molecule has 0 bridgehead atoms. The fourth-order valence-corrected chi connectivity index (χ4v) is 2.50. The van der Waals surface area contributed by atoms with Crippen LogP contribution < -0.4 is 5.73 Å². The second kappa shape index (κ2) is 5.37. The summed E-state index contributed by atoms with van der Waals surface area (Å²) in [4.78, 5) is 9.12. The van der Waals surface area contributed by atoms with Crippen molar-refractivity contribution in [3.63, 3.8) is 0 Å². The van der Waals surface area contributed by atoms with Crippen LogP contribution in [0.2, 0.25) is 0 Å². The Morgan fingerprint density at radius 3 is 2.14 bits per heavy atom. The average Bonchev–Trinajstić information content (AvgIpc) is 2.47. The molecule has 1 heterocycles. The molecule has 0 amide bonds. The normalized spacial score (nSPS) is 10.6. The first kappa shape index (κ1) is 13.3. The maximum atomic E-state index is 5.98. The van der Waals surface area contributed by atoms with Gasteiger partial charge in [-0.15, -0.1) is 0 Å². The van der Waals surface area contributed by atoms with Gasteiger partial charge in [0.05, 0.1) is 5.69 Å². The van der Waals surface area contributed by atoms with Gasteiger partial charge in [0.2, 0.25) is 0 Å². The first-order valence-corrected chi connectivity index (χ1v) is 6.92. The van der Waals surface area contributed by atoms with Crippen LogP contribution in [0.5, 0.6) is 0 Å². The Morgan fingerprint density at radius 2 is 1.48 bits per heavy atom. The van der Waals surface area contributed by atoms with Gasteiger partial charge in [0, 0.05) is 17.2 Å². The summed E-state index contributed by atoms with van der Waals surface area (Å²) in [6.07, 6.45) is 0. The summed E-state index contributed by atoms with van der Waals surface area (Å²) in [5.74, 6) is 1.17. The van der Waals surface area contributed by atoms with E-state index < -0.39 is 0 Å². The lowest BCUT2D eigenvalue weighted by Gasteiger charge is -2.10. The Bertz CT molecular complexity index is 759. The van der Waals surface area contributed by atoms with E-state index in [1.165, 1.54) is 0 Å². The van der Waals surface area contributed by atoms with Crippen molar-refractivity contribution in [1.82, 2.24) is 9.97 Å². The second-order valence-corrected chi connectivity index (χ2v) is 5.13. The van der Waals surface area contributed by atoms with Gasteiger partial charge in [0.25, 0.3) is 0 Å². The van der Waals surface area contributed by atoms with Crippen LogP contribution in [0.3, 0.4) is 0 Å². The monoisotopic (exact) mass is 275 g/mol. The van der Waals surface area contributed by atoms with Crippen molar-refractivity contribution in [1.29, 1.82) is 0 Å². The predicted octanol–water partition coefficient (Wildman–Crippen LogP) is 4.01. The summed E-state index contributed by atoms with van der Waals surface area (Å²) in [6.45, 7) is 4.13. The quantitative estimate of drug-likeness (QED) is 0.768. The van der Waals surface area contributed by atoms with Gasteiger partial charge in [0.15, 0.2) is 5.82 Å². The van der Waals surface area contributed by atoms with Gasteiger partial charge in [-0.05, 0) is 25.0 Å². The number of nitrogens with two attached hydrogens (primary N) is 1. The van der Waals surface area contributed by atoms with Crippen molar-refractivity contribution >= 4 is 5.82 Å². The molecule has 0 atom stereocenters. The van der Waals surface area contributed by atoms with Gasteiger partial charge in [-0.2, -0.15) is 0 Å². The molecule has 21 heavy (non-hydrogen) atoms. The lowest BCUT2D eigenvalue weighted by Crippen LogP contribution is -2.00. The molecule has 3 nitrogen and oxygen atoms in total. The summed E-state index contributed by atoms with van der Waals surface area (Å²) in [5.41, 5.74) is 11.2. The van der Waals surface area contributed by atoms with E-state index in [0.717, 1.165) is 27.9 Å². The Kier molecular flexibility index (Phi) is 3.40. The standard InChI is InChI=1S/C18H17N3/c1-12-7-6-8-13(2)17(12)18-20-15(11-16(19)21-18)14-9-4-3-5-10-14/h3-11H,1-2H3,(H2,19,20,21). The molecule has 1 aromatic heterocycles. The van der Waals surface area contributed by atoms with Crippen LogP contribution in [0.1, 0.15) is 11.1 Å². The zero-order valence-corrected chi connectivity index (χ0v) is 12.2. The summed E-state index contributed by atoms with van der Waals surface area (Å²) >= 11 is 0. The Labute approximate surface area is 124 Å². The van der Waals surface area contributed by atoms with Crippen LogP contribution in [0.4, 0.5) is 5.82 Å². The van der Waals surface area contributed by atoms with Crippen molar-refractivity contribution < 1.29 is 0 Å². The highest BCUT2D eigenvalue weighted by atomic mass is 14.9. The molecule has 2 N–H and O–H groups in total. The summed E-state index contributed by atoms with van der Waals surface area (Å²) in [6, 6.07) is 18.0. The molecule has 2 aromatic carbocycles. The molecule has 0 saturated carbocycles. The molecule has 0 aliphatic carbocycles. The van der Waals surface area contributed by atoms with E-state index in [4.69, 9.17) is 10.7 Å². The lowest BCUT2D eigenvalue weighted by atomic mass is 10.0. The maximum absolute atomic E-state index is 5.98. The number of nitrogens with zero attached hydrogens (tertiary/aromatic N) is 2. The first-order chi connectivity index (χ1) is 10.1. The van der Waals surface area contributed by atoms with Gasteiger partial charge in [-0.3, -0.25) is 0 Å². The van der Waals surface area contributed by atoms with E-state index in [1.807, 2.05) is 42.5 Å². The summed E-state index contributed by atoms with van der Waals surface area (Å²) in [7, 11) is 0. The van der Waals surface area contributed by atoms with Crippen molar-refractivity contribution in [3.8, 4) is 22.6 Å². The third kappa shape index (κ3) is 2.63. The van der Waals surface area contributed by atoms with Crippen LogP contribution in [0, 0.1) is 13.8 Å². The highest BCUT2D eigenvalue weighted by Gasteiger charge is 2.11. The molecule has 104 valence electrons. The SMILES string of the molecule is Cc1cccc(C)c1-c1nc(N)cc(-c2ccccc2)n1. The molecule has 3 aromatic rings. The second-order valence-electron chi connectivity index (χ2n) is 5.13. The van der Waals surface area contributed by atoms with E-state index in [9.17, 15) is 0 Å². The highest BCUT2D eigenvalue weighted by molar-refractivity contribution is 5.70. The van der Waals surface area contributed by atoms with E-state index >= 15 is 0 Å². The third-order valence-corrected chi connectivity index (χ3v) is 3.52. The number of anilines is 1. The molecule has 0 aliphatic rings. The van der Waals surface area contributed by atoms with Crippen molar-refractivity contribution in [2.24, 2.45) is 0 Å². The number of hydrogen-bond donors (Lipinski definition) is 1. The van der Waals surface area contributed by atoms with Gasteiger partial charge in [-0.1, -0.05) is 48.5 Å². The molecule has 0 aliphatic heterocycles. The molecule has 0 saturated heterocycles. The maximum Gasteiger partial charge on any atom is 0.162 e. The Balaban J connectivity index is 2.19. The Morgan fingerprint density at radius 1 is 0.810 bits per heavy atom. The van der Waals surface area contributed by atoms with Crippen molar-refractivity contribution in [2.45, 2.75) is 13.8 Å². The van der Waals surface area contributed by atoms with Crippen molar-refractivity contribution in [3.05, 3.63) is 65.7 Å². The minimum Gasteiger partial charge on any atom is -0.384 e. The summed E-state index contributed by atoms with van der Waals surface area (Å²) in [5, 5.41) is 0. The zero-order chi connectivity index (χ0) is 14.8. The molecule has 0 spiro atoms. The molecule has 0 radical (unpaired) electrons. The number of benzene rings is 2. The van der Waals surface area contributed by atoms with Crippen LogP contribution in [-0.4, -0.2) is 9.97 Å². The van der Waals surface area contributed by atoms with Gasteiger partial charge in [-0.25, -0.2) is 9.97 Å². The minimum atomic E-state index is 0.488. The largest absolute Gasteiger partial charge is 0.384 e. The van der Waals surface area contributed by atoms with Crippen LogP contribution in [-0.2, 0) is 0 Å². The predicted molar refractivity (Wildman–Crippen MR) is 86.8 cm³/mol. The number of aromatic nitrogens is 2. The minimum absolute atomic E-state index is 0.488. The molecule has 0 unspecified atom stereocenters. The number of rotatable bonds is 2. The molecule has 0 fully saturated rings. The van der Waals surface area contributed by atoms with E-state index in [0.29, 0.717) is 11.6 Å². The fourth-order valence-electron chi connectivity index (χ4n) is 2.50. The summed E-state index contributed by atoms with van der Waals surface area (Å²) < 4.78 is 0. The smallest absolute Gasteiger partial charge is 0.162 e. The first-order valence-electron chi connectivity index (χ1n) is 6.92. The van der Waals surface area contributed by atoms with E-state index in [2.05, 4.69) is 31.0 Å². The van der Waals surface area contributed by atoms with Gasteiger partial charge >= 0.3 is 0 Å². The molecule has 3 rings (SSSR count). The molecular weight excluding hydrogens is 258 g/mol. The zero-order valence-electron chi connectivity index (χ0n) is 12.2. The number of aryl methyl sites for hydroxylation is 2.